The Bertz CT molecular complexity index is 164. The average Bonchev–Trinajstić information content (AvgIpc) is 2.54. The Labute approximate surface area is 54.9 Å². The normalized spacial score (nSPS) is 35.4. The maximum atomic E-state index is 4.93. The van der Waals surface area contributed by atoms with E-state index in [9.17, 15) is 0 Å². The first-order valence-electron chi connectivity index (χ1n) is 3.45. The highest BCUT2D eigenvalue weighted by Gasteiger charge is 2.62. The van der Waals surface area contributed by atoms with Gasteiger partial charge in [-0.3, -0.25) is 4.99 Å². The lowest BCUT2D eigenvalue weighted by molar-refractivity contribution is 0.191. The molecule has 1 heterocycles. The Hall–Kier alpha value is -0.370. The Balaban J connectivity index is 1.59. The highest BCUT2D eigenvalue weighted by molar-refractivity contribution is 6.21. The SMILES string of the molecule is COCCCC12CC1=N2. The van der Waals surface area contributed by atoms with E-state index in [4.69, 9.17) is 4.74 Å². The summed E-state index contributed by atoms with van der Waals surface area (Å²) in [6.07, 6.45) is 3.69. The minimum atomic E-state index is 0.429. The van der Waals surface area contributed by atoms with Crippen LogP contribution in [0.2, 0.25) is 0 Å². The smallest absolute Gasteiger partial charge is 0.104 e. The van der Waals surface area contributed by atoms with Gasteiger partial charge in [-0.1, -0.05) is 0 Å². The molecule has 50 valence electrons. The predicted molar refractivity (Wildman–Crippen MR) is 35.9 cm³/mol. The van der Waals surface area contributed by atoms with Gasteiger partial charge in [0.2, 0.25) is 0 Å². The molecule has 0 N–H and O–H groups in total. The van der Waals surface area contributed by atoms with Crippen LogP contribution in [0.4, 0.5) is 0 Å². The number of nitrogens with zero attached hydrogens (tertiary/aromatic N) is 1. The maximum absolute atomic E-state index is 4.93. The van der Waals surface area contributed by atoms with Gasteiger partial charge in [-0.25, -0.2) is 0 Å². The van der Waals surface area contributed by atoms with Crippen molar-refractivity contribution in [2.75, 3.05) is 13.7 Å². The number of fused-ring (bicyclic) bond motifs is 1. The van der Waals surface area contributed by atoms with E-state index in [1.54, 1.807) is 7.11 Å². The molecule has 1 aliphatic carbocycles. The first-order valence-corrected chi connectivity index (χ1v) is 3.45. The summed E-state index contributed by atoms with van der Waals surface area (Å²) in [5.41, 5.74) is 1.89. The Morgan fingerprint density at radius 1 is 1.78 bits per heavy atom. The molecule has 2 aliphatic rings. The fourth-order valence-electron chi connectivity index (χ4n) is 1.25. The van der Waals surface area contributed by atoms with E-state index in [1.807, 2.05) is 0 Å². The summed E-state index contributed by atoms with van der Waals surface area (Å²) < 4.78 is 4.93. The number of hydrogen-bond donors (Lipinski definition) is 0. The molecule has 0 radical (unpaired) electrons. The maximum Gasteiger partial charge on any atom is 0.104 e. The fourth-order valence-corrected chi connectivity index (χ4v) is 1.25. The van der Waals surface area contributed by atoms with Crippen molar-refractivity contribution < 1.29 is 4.74 Å². The molecule has 1 saturated carbocycles. The number of methoxy groups -OCH3 is 1. The molecular formula is C7H11NO. The van der Waals surface area contributed by atoms with Crippen molar-refractivity contribution >= 4 is 5.71 Å². The van der Waals surface area contributed by atoms with Gasteiger partial charge in [0.05, 0.1) is 0 Å². The van der Waals surface area contributed by atoms with Crippen molar-refractivity contribution in [3.05, 3.63) is 0 Å². The van der Waals surface area contributed by atoms with Gasteiger partial charge in [-0.05, 0) is 12.8 Å². The molecule has 0 aromatic carbocycles. The Kier molecular flexibility index (Phi) is 0.943. The molecule has 1 aliphatic heterocycles. The largest absolute Gasteiger partial charge is 0.385 e. The van der Waals surface area contributed by atoms with E-state index < -0.39 is 0 Å². The molecule has 1 atom stereocenters. The number of hydrogen-bond acceptors (Lipinski definition) is 2. The van der Waals surface area contributed by atoms with E-state index in [1.165, 1.54) is 25.0 Å². The molecule has 0 bridgehead atoms. The lowest BCUT2D eigenvalue weighted by Crippen LogP contribution is -1.98. The molecule has 2 nitrogen and oxygen atoms in total. The van der Waals surface area contributed by atoms with E-state index in [-0.39, 0.29) is 0 Å². The van der Waals surface area contributed by atoms with Gasteiger partial charge in [0.1, 0.15) is 5.54 Å². The van der Waals surface area contributed by atoms with Gasteiger partial charge in [-0.2, -0.15) is 0 Å². The number of aliphatic imine (C=N–C) groups is 1. The van der Waals surface area contributed by atoms with Crippen LogP contribution in [0.1, 0.15) is 19.3 Å². The number of rotatable bonds is 4. The first-order chi connectivity index (χ1) is 4.37. The predicted octanol–water partition coefficient (Wildman–Crippen LogP) is 1.01. The van der Waals surface area contributed by atoms with E-state index in [2.05, 4.69) is 4.99 Å². The summed E-state index contributed by atoms with van der Waals surface area (Å²) in [4.78, 5) is 4.26. The number of ether oxygens (including phenoxy) is 1. The third-order valence-electron chi connectivity index (χ3n) is 2.11. The summed E-state index contributed by atoms with van der Waals surface area (Å²) in [7, 11) is 1.75. The minimum Gasteiger partial charge on any atom is -0.385 e. The third kappa shape index (κ3) is 0.778. The minimum absolute atomic E-state index is 0.429. The molecular weight excluding hydrogens is 114 g/mol. The molecule has 0 aromatic rings. The quantitative estimate of drug-likeness (QED) is 0.514. The molecule has 0 aromatic heterocycles. The van der Waals surface area contributed by atoms with E-state index in [0.717, 1.165) is 6.61 Å². The van der Waals surface area contributed by atoms with Crippen LogP contribution in [0, 0.1) is 0 Å². The third-order valence-corrected chi connectivity index (χ3v) is 2.11. The van der Waals surface area contributed by atoms with Crippen molar-refractivity contribution in [2.45, 2.75) is 24.8 Å². The summed E-state index contributed by atoms with van der Waals surface area (Å²) in [5, 5.41) is 0. The van der Waals surface area contributed by atoms with Gasteiger partial charge in [-0.15, -0.1) is 0 Å². The molecule has 9 heavy (non-hydrogen) atoms. The van der Waals surface area contributed by atoms with E-state index >= 15 is 0 Å². The van der Waals surface area contributed by atoms with Crippen LogP contribution in [0.3, 0.4) is 0 Å². The second-order valence-corrected chi connectivity index (χ2v) is 2.86. The van der Waals surface area contributed by atoms with Crippen LogP contribution < -0.4 is 0 Å². The fraction of sp³-hybridized carbons (Fsp3) is 0.857. The van der Waals surface area contributed by atoms with Gasteiger partial charge in [0, 0.05) is 25.8 Å². The van der Waals surface area contributed by atoms with Crippen LogP contribution in [0.25, 0.3) is 0 Å². The van der Waals surface area contributed by atoms with Crippen molar-refractivity contribution in [3.63, 3.8) is 0 Å². The zero-order valence-corrected chi connectivity index (χ0v) is 5.68. The van der Waals surface area contributed by atoms with Crippen molar-refractivity contribution in [2.24, 2.45) is 4.99 Å². The van der Waals surface area contributed by atoms with Crippen molar-refractivity contribution in [3.8, 4) is 0 Å². The van der Waals surface area contributed by atoms with E-state index in [0.29, 0.717) is 5.54 Å². The average molecular weight is 125 g/mol. The highest BCUT2D eigenvalue weighted by Crippen LogP contribution is 2.53. The first kappa shape index (κ1) is 5.42. The Morgan fingerprint density at radius 3 is 2.89 bits per heavy atom. The summed E-state index contributed by atoms with van der Waals surface area (Å²) in [6, 6.07) is 0. The molecule has 2 heteroatoms. The zero-order valence-electron chi connectivity index (χ0n) is 5.68. The molecule has 0 saturated heterocycles. The van der Waals surface area contributed by atoms with Crippen LogP contribution in [-0.4, -0.2) is 25.0 Å². The van der Waals surface area contributed by atoms with Crippen LogP contribution in [0.5, 0.6) is 0 Å². The molecule has 1 unspecified atom stereocenters. The summed E-state index contributed by atoms with van der Waals surface area (Å²) >= 11 is 0. The van der Waals surface area contributed by atoms with Gasteiger partial charge in [0.15, 0.2) is 0 Å². The molecule has 0 amide bonds. The van der Waals surface area contributed by atoms with Gasteiger partial charge < -0.3 is 4.74 Å². The molecule has 2 rings (SSSR count). The van der Waals surface area contributed by atoms with Gasteiger partial charge in [0.25, 0.3) is 0 Å². The lowest BCUT2D eigenvalue weighted by atomic mass is 10.2. The highest BCUT2D eigenvalue weighted by atomic mass is 16.5. The second-order valence-electron chi connectivity index (χ2n) is 2.86. The van der Waals surface area contributed by atoms with Crippen LogP contribution >= 0.6 is 0 Å². The van der Waals surface area contributed by atoms with Crippen LogP contribution in [0.15, 0.2) is 4.99 Å². The topological polar surface area (TPSA) is 21.6 Å². The molecule has 0 spiro atoms. The zero-order chi connectivity index (χ0) is 6.32. The second kappa shape index (κ2) is 1.57. The lowest BCUT2D eigenvalue weighted by Gasteiger charge is -1.98. The van der Waals surface area contributed by atoms with Crippen molar-refractivity contribution in [1.82, 2.24) is 0 Å². The summed E-state index contributed by atoms with van der Waals surface area (Å²) in [6.45, 7) is 0.893. The monoisotopic (exact) mass is 125 g/mol. The Morgan fingerprint density at radius 2 is 2.44 bits per heavy atom. The standard InChI is InChI=1S/C7H11NO/c1-9-4-2-3-7-5-6(7)8-7/h2-5H2,1H3. The van der Waals surface area contributed by atoms with Gasteiger partial charge >= 0.3 is 0 Å². The van der Waals surface area contributed by atoms with Crippen molar-refractivity contribution in [1.29, 1.82) is 0 Å². The molecule has 1 fully saturated rings. The summed E-state index contributed by atoms with van der Waals surface area (Å²) in [5.74, 6) is 0. The van der Waals surface area contributed by atoms with Crippen LogP contribution in [-0.2, 0) is 4.74 Å².